The monoisotopic (exact) mass is 248 g/mol. The molecule has 0 bridgehead atoms. The normalized spacial score (nSPS) is 11.9. The standard InChI is InChI=1S/C9H16N2O4S/c1-16(13,14)11-5-4-10-6-8-2-3-9(7-12)15-8/h2-3,10-12H,4-7H2,1H3. The summed E-state index contributed by atoms with van der Waals surface area (Å²) < 4.78 is 29.0. The average molecular weight is 248 g/mol. The van der Waals surface area contributed by atoms with Crippen molar-refractivity contribution in [1.29, 1.82) is 0 Å². The zero-order valence-electron chi connectivity index (χ0n) is 9.06. The Labute approximate surface area is 94.7 Å². The summed E-state index contributed by atoms with van der Waals surface area (Å²) >= 11 is 0. The quantitative estimate of drug-likeness (QED) is 0.561. The van der Waals surface area contributed by atoms with Crippen LogP contribution >= 0.6 is 0 Å². The molecule has 1 rings (SSSR count). The van der Waals surface area contributed by atoms with Crippen LogP contribution in [0.4, 0.5) is 0 Å². The molecular formula is C9H16N2O4S. The third-order valence-corrected chi connectivity index (χ3v) is 2.57. The highest BCUT2D eigenvalue weighted by Gasteiger charge is 2.01. The van der Waals surface area contributed by atoms with Crippen LogP contribution in [-0.4, -0.2) is 32.9 Å². The molecule has 0 saturated carbocycles. The molecule has 0 fully saturated rings. The molecule has 0 aliphatic carbocycles. The van der Waals surface area contributed by atoms with Gasteiger partial charge in [-0.05, 0) is 12.1 Å². The first-order valence-corrected chi connectivity index (χ1v) is 6.74. The maximum atomic E-state index is 10.7. The Morgan fingerprint density at radius 3 is 2.56 bits per heavy atom. The summed E-state index contributed by atoms with van der Waals surface area (Å²) in [6.45, 7) is 1.25. The van der Waals surface area contributed by atoms with Crippen LogP contribution in [0.25, 0.3) is 0 Å². The molecule has 0 aliphatic heterocycles. The lowest BCUT2D eigenvalue weighted by atomic mass is 10.4. The second-order valence-corrected chi connectivity index (χ2v) is 5.20. The maximum Gasteiger partial charge on any atom is 0.208 e. The van der Waals surface area contributed by atoms with Crippen molar-refractivity contribution in [2.45, 2.75) is 13.2 Å². The summed E-state index contributed by atoms with van der Waals surface area (Å²) in [5, 5.41) is 11.8. The van der Waals surface area contributed by atoms with E-state index in [-0.39, 0.29) is 6.61 Å². The third-order valence-electron chi connectivity index (χ3n) is 1.84. The maximum absolute atomic E-state index is 10.7. The third kappa shape index (κ3) is 5.26. The topological polar surface area (TPSA) is 91.6 Å². The minimum atomic E-state index is -3.12. The van der Waals surface area contributed by atoms with E-state index in [0.29, 0.717) is 31.2 Å². The lowest BCUT2D eigenvalue weighted by Gasteiger charge is -2.03. The van der Waals surface area contributed by atoms with Gasteiger partial charge in [-0.25, -0.2) is 13.1 Å². The van der Waals surface area contributed by atoms with E-state index >= 15 is 0 Å². The van der Waals surface area contributed by atoms with Gasteiger partial charge in [-0.1, -0.05) is 0 Å². The van der Waals surface area contributed by atoms with Crippen LogP contribution in [0.1, 0.15) is 11.5 Å². The second kappa shape index (κ2) is 6.00. The van der Waals surface area contributed by atoms with Crippen molar-refractivity contribution >= 4 is 10.0 Å². The van der Waals surface area contributed by atoms with Gasteiger partial charge < -0.3 is 14.8 Å². The molecule has 0 aliphatic rings. The first-order chi connectivity index (χ1) is 7.51. The van der Waals surface area contributed by atoms with E-state index in [2.05, 4.69) is 10.0 Å². The average Bonchev–Trinajstić information content (AvgIpc) is 2.63. The highest BCUT2D eigenvalue weighted by atomic mass is 32.2. The van der Waals surface area contributed by atoms with Gasteiger partial charge in [0.15, 0.2) is 0 Å². The number of nitrogens with one attached hydrogen (secondary N) is 2. The minimum Gasteiger partial charge on any atom is -0.462 e. The Balaban J connectivity index is 2.16. The number of aliphatic hydroxyl groups excluding tert-OH is 1. The first kappa shape index (κ1) is 13.2. The van der Waals surface area contributed by atoms with Crippen LogP contribution in [-0.2, 0) is 23.2 Å². The van der Waals surface area contributed by atoms with Crippen LogP contribution in [0.15, 0.2) is 16.5 Å². The number of rotatable bonds is 7. The lowest BCUT2D eigenvalue weighted by molar-refractivity contribution is 0.243. The van der Waals surface area contributed by atoms with Gasteiger partial charge in [-0.15, -0.1) is 0 Å². The van der Waals surface area contributed by atoms with Crippen molar-refractivity contribution in [3.05, 3.63) is 23.7 Å². The SMILES string of the molecule is CS(=O)(=O)NCCNCc1ccc(CO)o1. The molecule has 3 N–H and O–H groups in total. The molecule has 0 amide bonds. The number of sulfonamides is 1. The first-order valence-electron chi connectivity index (χ1n) is 4.85. The van der Waals surface area contributed by atoms with Crippen molar-refractivity contribution in [3.63, 3.8) is 0 Å². The lowest BCUT2D eigenvalue weighted by Crippen LogP contribution is -2.30. The summed E-state index contributed by atoms with van der Waals surface area (Å²) in [7, 11) is -3.12. The summed E-state index contributed by atoms with van der Waals surface area (Å²) in [5.41, 5.74) is 0. The second-order valence-electron chi connectivity index (χ2n) is 3.37. The van der Waals surface area contributed by atoms with Gasteiger partial charge in [0.05, 0.1) is 12.8 Å². The van der Waals surface area contributed by atoms with Gasteiger partial charge in [0.25, 0.3) is 0 Å². The zero-order valence-corrected chi connectivity index (χ0v) is 9.88. The fraction of sp³-hybridized carbons (Fsp3) is 0.556. The molecule has 16 heavy (non-hydrogen) atoms. The van der Waals surface area contributed by atoms with Crippen LogP contribution < -0.4 is 10.0 Å². The highest BCUT2D eigenvalue weighted by Crippen LogP contribution is 2.06. The molecule has 1 heterocycles. The molecule has 6 nitrogen and oxygen atoms in total. The number of hydrogen-bond donors (Lipinski definition) is 3. The van der Waals surface area contributed by atoms with E-state index in [1.807, 2.05) is 0 Å². The molecule has 0 atom stereocenters. The molecule has 7 heteroatoms. The van der Waals surface area contributed by atoms with Crippen LogP contribution in [0.3, 0.4) is 0 Å². The molecule has 92 valence electrons. The highest BCUT2D eigenvalue weighted by molar-refractivity contribution is 7.88. The van der Waals surface area contributed by atoms with Gasteiger partial charge >= 0.3 is 0 Å². The van der Waals surface area contributed by atoms with Crippen molar-refractivity contribution in [3.8, 4) is 0 Å². The number of hydrogen-bond acceptors (Lipinski definition) is 5. The predicted octanol–water partition coefficient (Wildman–Crippen LogP) is -0.589. The zero-order chi connectivity index (χ0) is 12.0. The van der Waals surface area contributed by atoms with Crippen molar-refractivity contribution in [2.24, 2.45) is 0 Å². The Morgan fingerprint density at radius 2 is 2.00 bits per heavy atom. The minimum absolute atomic E-state index is 0.115. The van der Waals surface area contributed by atoms with Crippen LogP contribution in [0, 0.1) is 0 Å². The summed E-state index contributed by atoms with van der Waals surface area (Å²) in [4.78, 5) is 0. The van der Waals surface area contributed by atoms with Gasteiger partial charge in [-0.3, -0.25) is 0 Å². The van der Waals surface area contributed by atoms with Gasteiger partial charge in [0.2, 0.25) is 10.0 Å². The van der Waals surface area contributed by atoms with E-state index < -0.39 is 10.0 Å². The molecular weight excluding hydrogens is 232 g/mol. The van der Waals surface area contributed by atoms with Crippen molar-refractivity contribution in [1.82, 2.24) is 10.0 Å². The van der Waals surface area contributed by atoms with E-state index in [0.717, 1.165) is 6.26 Å². The molecule has 1 aromatic heterocycles. The van der Waals surface area contributed by atoms with Gasteiger partial charge in [0, 0.05) is 13.1 Å². The fourth-order valence-electron chi connectivity index (χ4n) is 1.14. The number of aliphatic hydroxyl groups is 1. The van der Waals surface area contributed by atoms with E-state index in [1.54, 1.807) is 12.1 Å². The summed E-state index contributed by atoms with van der Waals surface area (Å²) in [5.74, 6) is 1.23. The Hall–Kier alpha value is -0.890. The van der Waals surface area contributed by atoms with Crippen molar-refractivity contribution < 1.29 is 17.9 Å². The fourth-order valence-corrected chi connectivity index (χ4v) is 1.61. The molecule has 0 saturated heterocycles. The molecule has 1 aromatic rings. The van der Waals surface area contributed by atoms with E-state index in [4.69, 9.17) is 9.52 Å². The van der Waals surface area contributed by atoms with Gasteiger partial charge in [-0.2, -0.15) is 0 Å². The Kier molecular flexibility index (Phi) is 4.94. The van der Waals surface area contributed by atoms with Gasteiger partial charge in [0.1, 0.15) is 18.1 Å². The van der Waals surface area contributed by atoms with Crippen LogP contribution in [0.2, 0.25) is 0 Å². The predicted molar refractivity (Wildman–Crippen MR) is 59.2 cm³/mol. The molecule has 0 unspecified atom stereocenters. The largest absolute Gasteiger partial charge is 0.462 e. The van der Waals surface area contributed by atoms with E-state index in [9.17, 15) is 8.42 Å². The Bertz CT molecular complexity index is 413. The van der Waals surface area contributed by atoms with E-state index in [1.165, 1.54) is 0 Å². The van der Waals surface area contributed by atoms with Crippen molar-refractivity contribution in [2.75, 3.05) is 19.3 Å². The molecule has 0 radical (unpaired) electrons. The number of furan rings is 1. The molecule has 0 aromatic carbocycles. The summed E-state index contributed by atoms with van der Waals surface area (Å²) in [6.07, 6.45) is 1.12. The Morgan fingerprint density at radius 1 is 1.31 bits per heavy atom. The van der Waals surface area contributed by atoms with Crippen LogP contribution in [0.5, 0.6) is 0 Å². The summed E-state index contributed by atoms with van der Waals surface area (Å²) in [6, 6.07) is 3.47. The smallest absolute Gasteiger partial charge is 0.208 e. The molecule has 0 spiro atoms.